The Kier molecular flexibility index (Phi) is 4.31. The number of aryl methyl sites for hydroxylation is 2. The van der Waals surface area contributed by atoms with Crippen molar-refractivity contribution in [2.45, 2.75) is 25.9 Å². The fourth-order valence-electron chi connectivity index (χ4n) is 3.03. The van der Waals surface area contributed by atoms with Gasteiger partial charge in [-0.15, -0.1) is 11.3 Å². The normalized spacial score (nSPS) is 17.7. The number of nitrogens with zero attached hydrogens (tertiary/aromatic N) is 3. The molecular weight excluding hydrogens is 298 g/mol. The van der Waals surface area contributed by atoms with Crippen molar-refractivity contribution in [1.82, 2.24) is 14.5 Å². The fourth-order valence-corrected chi connectivity index (χ4v) is 3.92. The Morgan fingerprint density at radius 1 is 1.45 bits per heavy atom. The molecule has 0 bridgehead atoms. The summed E-state index contributed by atoms with van der Waals surface area (Å²) in [5, 5.41) is 12.4. The minimum absolute atomic E-state index is 0.123. The predicted molar refractivity (Wildman–Crippen MR) is 85.9 cm³/mol. The number of aliphatic hydroxyl groups excluding tert-OH is 1. The SMILES string of the molecule is Cc1ccsc1C(=O)N1CCC([C@H](O)c2nccn2C)CC1. The monoisotopic (exact) mass is 319 g/mol. The van der Waals surface area contributed by atoms with Gasteiger partial charge in [-0.2, -0.15) is 0 Å². The van der Waals surface area contributed by atoms with Crippen molar-refractivity contribution in [2.75, 3.05) is 13.1 Å². The zero-order valence-corrected chi connectivity index (χ0v) is 13.7. The summed E-state index contributed by atoms with van der Waals surface area (Å²) in [5.41, 5.74) is 1.05. The molecule has 1 fully saturated rings. The Morgan fingerprint density at radius 2 is 2.18 bits per heavy atom. The van der Waals surface area contributed by atoms with Crippen LogP contribution in [0.1, 0.15) is 40.0 Å². The molecule has 1 saturated heterocycles. The van der Waals surface area contributed by atoms with Gasteiger partial charge in [-0.3, -0.25) is 4.79 Å². The van der Waals surface area contributed by atoms with E-state index in [-0.39, 0.29) is 11.8 Å². The second-order valence-electron chi connectivity index (χ2n) is 5.90. The van der Waals surface area contributed by atoms with E-state index in [0.717, 1.165) is 23.3 Å². The zero-order chi connectivity index (χ0) is 15.7. The first-order chi connectivity index (χ1) is 10.6. The van der Waals surface area contributed by atoms with Gasteiger partial charge < -0.3 is 14.6 Å². The van der Waals surface area contributed by atoms with Gasteiger partial charge in [-0.05, 0) is 42.7 Å². The van der Waals surface area contributed by atoms with Crippen LogP contribution in [0.4, 0.5) is 0 Å². The van der Waals surface area contributed by atoms with Gasteiger partial charge in [0.15, 0.2) is 0 Å². The molecule has 6 heteroatoms. The van der Waals surface area contributed by atoms with E-state index < -0.39 is 6.10 Å². The summed E-state index contributed by atoms with van der Waals surface area (Å²) in [6.07, 6.45) is 4.61. The van der Waals surface area contributed by atoms with Gasteiger partial charge in [0.1, 0.15) is 11.9 Å². The smallest absolute Gasteiger partial charge is 0.264 e. The van der Waals surface area contributed by atoms with Gasteiger partial charge in [-0.1, -0.05) is 0 Å². The summed E-state index contributed by atoms with van der Waals surface area (Å²) in [4.78, 5) is 19.5. The van der Waals surface area contributed by atoms with Gasteiger partial charge in [0.05, 0.1) is 4.88 Å². The number of likely N-dealkylation sites (tertiary alicyclic amines) is 1. The third kappa shape index (κ3) is 2.80. The van der Waals surface area contributed by atoms with Crippen LogP contribution in [0.3, 0.4) is 0 Å². The summed E-state index contributed by atoms with van der Waals surface area (Å²) in [7, 11) is 1.89. The van der Waals surface area contributed by atoms with Crippen LogP contribution >= 0.6 is 11.3 Å². The van der Waals surface area contributed by atoms with Crippen LogP contribution in [0.5, 0.6) is 0 Å². The van der Waals surface area contributed by atoms with Crippen molar-refractivity contribution < 1.29 is 9.90 Å². The number of rotatable bonds is 3. The molecule has 0 unspecified atom stereocenters. The van der Waals surface area contributed by atoms with Crippen LogP contribution in [0, 0.1) is 12.8 Å². The lowest BCUT2D eigenvalue weighted by atomic mass is 9.90. The number of aromatic nitrogens is 2. The molecular formula is C16H21N3O2S. The Bertz CT molecular complexity index is 656. The van der Waals surface area contributed by atoms with Crippen molar-refractivity contribution >= 4 is 17.2 Å². The Labute approximate surface area is 134 Å². The Balaban J connectivity index is 1.62. The number of piperidine rings is 1. The van der Waals surface area contributed by atoms with Crippen molar-refractivity contribution in [2.24, 2.45) is 13.0 Å². The summed E-state index contributed by atoms with van der Waals surface area (Å²) in [5.74, 6) is 0.992. The van der Waals surface area contributed by atoms with Gasteiger partial charge >= 0.3 is 0 Å². The standard InChI is InChI=1S/C16H21N3O2S/c1-11-5-10-22-14(11)16(21)19-7-3-12(4-8-19)13(20)15-17-6-9-18(15)2/h5-6,9-10,12-13,20H,3-4,7-8H2,1-2H3/t13-/m0/s1. The highest BCUT2D eigenvalue weighted by Crippen LogP contribution is 2.30. The summed E-state index contributed by atoms with van der Waals surface area (Å²) >= 11 is 1.50. The lowest BCUT2D eigenvalue weighted by Crippen LogP contribution is -2.40. The highest BCUT2D eigenvalue weighted by Gasteiger charge is 2.30. The molecule has 0 saturated carbocycles. The fraction of sp³-hybridized carbons (Fsp3) is 0.500. The highest BCUT2D eigenvalue weighted by atomic mass is 32.1. The largest absolute Gasteiger partial charge is 0.385 e. The van der Waals surface area contributed by atoms with Crippen molar-refractivity contribution in [3.63, 3.8) is 0 Å². The third-order valence-electron chi connectivity index (χ3n) is 4.45. The van der Waals surface area contributed by atoms with E-state index in [1.165, 1.54) is 11.3 Å². The molecule has 2 aromatic rings. The molecule has 118 valence electrons. The minimum atomic E-state index is -0.555. The number of aliphatic hydroxyl groups is 1. The summed E-state index contributed by atoms with van der Waals surface area (Å²) in [6.45, 7) is 3.37. The molecule has 5 nitrogen and oxygen atoms in total. The van der Waals surface area contributed by atoms with Crippen LogP contribution < -0.4 is 0 Å². The molecule has 1 atom stereocenters. The molecule has 3 heterocycles. The Morgan fingerprint density at radius 3 is 2.73 bits per heavy atom. The molecule has 0 aromatic carbocycles. The first-order valence-electron chi connectivity index (χ1n) is 7.56. The third-order valence-corrected chi connectivity index (χ3v) is 5.46. The molecule has 2 aromatic heterocycles. The average Bonchev–Trinajstić information content (AvgIpc) is 3.14. The molecule has 3 rings (SSSR count). The van der Waals surface area contributed by atoms with Crippen LogP contribution in [-0.4, -0.2) is 38.6 Å². The highest BCUT2D eigenvalue weighted by molar-refractivity contribution is 7.12. The number of hydrogen-bond acceptors (Lipinski definition) is 4. The van der Waals surface area contributed by atoms with Gasteiger partial charge in [0.25, 0.3) is 5.91 Å². The van der Waals surface area contributed by atoms with Crippen LogP contribution in [0.2, 0.25) is 0 Å². The van der Waals surface area contributed by atoms with Crippen molar-refractivity contribution in [1.29, 1.82) is 0 Å². The van der Waals surface area contributed by atoms with Crippen LogP contribution in [0.15, 0.2) is 23.8 Å². The molecule has 0 aliphatic carbocycles. The number of carbonyl (C=O) groups excluding carboxylic acids is 1. The second kappa shape index (κ2) is 6.22. The summed E-state index contributed by atoms with van der Waals surface area (Å²) in [6, 6.07) is 1.98. The lowest BCUT2D eigenvalue weighted by Gasteiger charge is -2.34. The molecule has 22 heavy (non-hydrogen) atoms. The first kappa shape index (κ1) is 15.2. The van der Waals surface area contributed by atoms with Gasteiger partial charge in [-0.25, -0.2) is 4.98 Å². The van der Waals surface area contributed by atoms with E-state index in [1.54, 1.807) is 6.20 Å². The van der Waals surface area contributed by atoms with Gasteiger partial charge in [0, 0.05) is 32.5 Å². The van der Waals surface area contributed by atoms with Crippen molar-refractivity contribution in [3.8, 4) is 0 Å². The first-order valence-corrected chi connectivity index (χ1v) is 8.44. The second-order valence-corrected chi connectivity index (χ2v) is 6.82. The van der Waals surface area contributed by atoms with E-state index >= 15 is 0 Å². The molecule has 0 radical (unpaired) electrons. The minimum Gasteiger partial charge on any atom is -0.385 e. The molecule has 1 N–H and O–H groups in total. The van der Waals surface area contributed by atoms with Crippen LogP contribution in [-0.2, 0) is 7.05 Å². The van der Waals surface area contributed by atoms with E-state index in [4.69, 9.17) is 0 Å². The zero-order valence-electron chi connectivity index (χ0n) is 12.9. The lowest BCUT2D eigenvalue weighted by molar-refractivity contribution is 0.0422. The predicted octanol–water partition coefficient (Wildman–Crippen LogP) is 2.38. The maximum atomic E-state index is 12.5. The van der Waals surface area contributed by atoms with E-state index in [1.807, 2.05) is 41.1 Å². The number of carbonyl (C=O) groups is 1. The molecule has 1 amide bonds. The van der Waals surface area contributed by atoms with Crippen molar-refractivity contribution in [3.05, 3.63) is 40.1 Å². The van der Waals surface area contributed by atoms with E-state index in [0.29, 0.717) is 18.9 Å². The topological polar surface area (TPSA) is 58.4 Å². The number of imidazole rings is 1. The molecule has 1 aliphatic heterocycles. The number of amides is 1. The molecule has 1 aliphatic rings. The summed E-state index contributed by atoms with van der Waals surface area (Å²) < 4.78 is 1.86. The number of hydrogen-bond donors (Lipinski definition) is 1. The van der Waals surface area contributed by atoms with Gasteiger partial charge in [0.2, 0.25) is 0 Å². The number of thiophene rings is 1. The van der Waals surface area contributed by atoms with Crippen LogP contribution in [0.25, 0.3) is 0 Å². The molecule has 0 spiro atoms. The maximum Gasteiger partial charge on any atom is 0.264 e. The Hall–Kier alpha value is -1.66. The quantitative estimate of drug-likeness (QED) is 0.945. The van der Waals surface area contributed by atoms with E-state index in [2.05, 4.69) is 4.98 Å². The van der Waals surface area contributed by atoms with E-state index in [9.17, 15) is 9.90 Å². The maximum absolute atomic E-state index is 12.5. The average molecular weight is 319 g/mol.